The molecule has 0 aromatic heterocycles. The first-order valence-corrected chi connectivity index (χ1v) is 13.3. The van der Waals surface area contributed by atoms with Crippen molar-refractivity contribution in [2.24, 2.45) is 11.8 Å². The quantitative estimate of drug-likeness (QED) is 0.471. The van der Waals surface area contributed by atoms with Crippen LogP contribution in [0, 0.1) is 18.4 Å². The SMILES string of the molecule is [C-]#[N+]c1cc(NC(=O)N[C@@H]2CCCC[C@@H]2C(=O)N2CC[C@@H]3[C@H](COC)Nc4ccccc4[C@@H]32)ccc1OC. The zero-order chi connectivity index (χ0) is 26.6. The second-order valence-electron chi connectivity index (χ2n) is 10.3. The number of methoxy groups -OCH3 is 2. The van der Waals surface area contributed by atoms with E-state index in [4.69, 9.17) is 16.0 Å². The van der Waals surface area contributed by atoms with E-state index in [1.165, 1.54) is 7.11 Å². The first kappa shape index (κ1) is 25.9. The molecule has 1 aliphatic carbocycles. The third kappa shape index (κ3) is 5.01. The van der Waals surface area contributed by atoms with Gasteiger partial charge in [0.25, 0.3) is 0 Å². The minimum absolute atomic E-state index is 0.00263. The summed E-state index contributed by atoms with van der Waals surface area (Å²) >= 11 is 0. The van der Waals surface area contributed by atoms with Gasteiger partial charge >= 0.3 is 6.03 Å². The van der Waals surface area contributed by atoms with Crippen molar-refractivity contribution in [1.82, 2.24) is 10.2 Å². The number of fused-ring (bicyclic) bond motifs is 3. The Bertz CT molecular complexity index is 1230. The summed E-state index contributed by atoms with van der Waals surface area (Å²) in [5, 5.41) is 9.52. The van der Waals surface area contributed by atoms with E-state index in [0.29, 0.717) is 30.3 Å². The first-order valence-electron chi connectivity index (χ1n) is 13.3. The lowest BCUT2D eigenvalue weighted by atomic mass is 9.81. The Morgan fingerprint density at radius 3 is 2.74 bits per heavy atom. The van der Waals surface area contributed by atoms with Crippen molar-refractivity contribution in [3.8, 4) is 5.75 Å². The predicted molar refractivity (Wildman–Crippen MR) is 145 cm³/mol. The van der Waals surface area contributed by atoms with E-state index in [1.807, 2.05) is 12.1 Å². The molecule has 3 N–H and O–H groups in total. The Morgan fingerprint density at radius 2 is 1.95 bits per heavy atom. The van der Waals surface area contributed by atoms with E-state index < -0.39 is 0 Å². The van der Waals surface area contributed by atoms with Gasteiger partial charge in [0, 0.05) is 37.0 Å². The van der Waals surface area contributed by atoms with Crippen molar-refractivity contribution in [3.05, 3.63) is 59.4 Å². The molecule has 0 unspecified atom stereocenters. The van der Waals surface area contributed by atoms with Crippen LogP contribution in [-0.2, 0) is 9.53 Å². The Hall–Kier alpha value is -3.77. The summed E-state index contributed by atoms with van der Waals surface area (Å²) in [7, 11) is 3.22. The molecule has 2 fully saturated rings. The van der Waals surface area contributed by atoms with Crippen LogP contribution in [0.25, 0.3) is 4.85 Å². The summed E-state index contributed by atoms with van der Waals surface area (Å²) < 4.78 is 10.7. The molecule has 0 bridgehead atoms. The number of urea groups is 1. The fraction of sp³-hybridized carbons (Fsp3) is 0.483. The highest BCUT2D eigenvalue weighted by molar-refractivity contribution is 5.91. The largest absolute Gasteiger partial charge is 0.508 e. The number of carbonyl (C=O) groups excluding carboxylic acids is 2. The summed E-state index contributed by atoms with van der Waals surface area (Å²) in [6, 6.07) is 12.7. The second kappa shape index (κ2) is 11.3. The zero-order valence-electron chi connectivity index (χ0n) is 21.9. The van der Waals surface area contributed by atoms with Gasteiger partial charge in [-0.05, 0) is 49.1 Å². The third-order valence-corrected chi connectivity index (χ3v) is 8.17. The average molecular weight is 518 g/mol. The van der Waals surface area contributed by atoms with E-state index in [0.717, 1.165) is 43.4 Å². The molecule has 3 amide bonds. The van der Waals surface area contributed by atoms with Crippen molar-refractivity contribution in [3.63, 3.8) is 0 Å². The molecular formula is C29H35N5O4. The highest BCUT2D eigenvalue weighted by Crippen LogP contribution is 2.47. The van der Waals surface area contributed by atoms with Gasteiger partial charge in [-0.25, -0.2) is 9.64 Å². The molecule has 2 aromatic rings. The minimum Gasteiger partial charge on any atom is -0.508 e. The standard InChI is InChI=1S/C29H35N5O4/c1-30-24-16-18(12-13-26(24)38-3)31-29(36)33-23-11-7-5-9-21(23)28(35)34-15-14-20-25(17-37-2)32-22-10-6-4-8-19(22)27(20)34/h4,6,8,10,12-13,16,20-21,23,25,27,32H,5,7,9,11,14-15,17H2,2-3H3,(H2,31,33,36)/t20-,21+,23-,25+,27+/m1/s1. The van der Waals surface area contributed by atoms with Crippen LogP contribution in [0.2, 0.25) is 0 Å². The molecule has 0 radical (unpaired) electrons. The molecule has 0 spiro atoms. The number of amides is 3. The molecule has 9 heteroatoms. The molecule has 5 atom stereocenters. The van der Waals surface area contributed by atoms with Crippen LogP contribution < -0.4 is 20.7 Å². The van der Waals surface area contributed by atoms with Gasteiger partial charge in [0.05, 0.1) is 38.3 Å². The van der Waals surface area contributed by atoms with Gasteiger partial charge in [-0.2, -0.15) is 0 Å². The molecule has 200 valence electrons. The summed E-state index contributed by atoms with van der Waals surface area (Å²) in [5.74, 6) is 0.583. The van der Waals surface area contributed by atoms with E-state index >= 15 is 0 Å². The fourth-order valence-electron chi connectivity index (χ4n) is 6.42. The van der Waals surface area contributed by atoms with Crippen molar-refractivity contribution >= 4 is 29.0 Å². The number of benzene rings is 2. The number of rotatable bonds is 6. The molecule has 2 aromatic carbocycles. The number of hydrogen-bond donors (Lipinski definition) is 3. The molecule has 38 heavy (non-hydrogen) atoms. The van der Waals surface area contributed by atoms with Crippen LogP contribution in [0.5, 0.6) is 5.75 Å². The Kier molecular flexibility index (Phi) is 7.70. The average Bonchev–Trinajstić information content (AvgIpc) is 3.39. The molecule has 1 saturated carbocycles. The van der Waals surface area contributed by atoms with Crippen LogP contribution in [0.1, 0.15) is 43.7 Å². The van der Waals surface area contributed by atoms with Crippen LogP contribution >= 0.6 is 0 Å². The van der Waals surface area contributed by atoms with Crippen molar-refractivity contribution < 1.29 is 19.1 Å². The summed E-state index contributed by atoms with van der Waals surface area (Å²) in [6.07, 6.45) is 4.36. The Balaban J connectivity index is 1.31. The van der Waals surface area contributed by atoms with Crippen LogP contribution in [0.15, 0.2) is 42.5 Å². The highest BCUT2D eigenvalue weighted by Gasteiger charge is 2.48. The van der Waals surface area contributed by atoms with E-state index in [1.54, 1.807) is 25.3 Å². The lowest BCUT2D eigenvalue weighted by Gasteiger charge is -2.41. The Labute approximate surface area is 223 Å². The maximum Gasteiger partial charge on any atom is 0.319 e. The normalized spacial score (nSPS) is 25.8. The summed E-state index contributed by atoms with van der Waals surface area (Å²) in [6.45, 7) is 8.63. The number of para-hydroxylation sites is 1. The number of hydrogen-bond acceptors (Lipinski definition) is 5. The molecule has 9 nitrogen and oxygen atoms in total. The number of anilines is 2. The molecule has 2 aliphatic heterocycles. The Morgan fingerprint density at radius 1 is 1.13 bits per heavy atom. The second-order valence-corrected chi connectivity index (χ2v) is 10.3. The molecule has 3 aliphatic rings. The number of nitrogens with zero attached hydrogens (tertiary/aromatic N) is 2. The molecule has 1 saturated heterocycles. The molecule has 5 rings (SSSR count). The van der Waals surface area contributed by atoms with Gasteiger partial charge in [-0.15, -0.1) is 0 Å². The number of carbonyl (C=O) groups is 2. The third-order valence-electron chi connectivity index (χ3n) is 8.17. The summed E-state index contributed by atoms with van der Waals surface area (Å²) in [5.41, 5.74) is 3.05. The molecule has 2 heterocycles. The lowest BCUT2D eigenvalue weighted by Crippen LogP contribution is -2.51. The molecular weight excluding hydrogens is 482 g/mol. The van der Waals surface area contributed by atoms with E-state index in [2.05, 4.69) is 37.8 Å². The number of nitrogens with one attached hydrogen (secondary N) is 3. The van der Waals surface area contributed by atoms with Gasteiger partial charge in [0.2, 0.25) is 11.6 Å². The number of likely N-dealkylation sites (tertiary alicyclic amines) is 1. The topological polar surface area (TPSA) is 96.3 Å². The monoisotopic (exact) mass is 517 g/mol. The smallest absolute Gasteiger partial charge is 0.319 e. The highest BCUT2D eigenvalue weighted by atomic mass is 16.5. The van der Waals surface area contributed by atoms with Crippen LogP contribution in [0.3, 0.4) is 0 Å². The van der Waals surface area contributed by atoms with Gasteiger partial charge in [-0.3, -0.25) is 4.79 Å². The van der Waals surface area contributed by atoms with Gasteiger partial charge in [0.15, 0.2) is 0 Å². The minimum atomic E-state index is -0.373. The van der Waals surface area contributed by atoms with Gasteiger partial charge in [0.1, 0.15) is 5.75 Å². The van der Waals surface area contributed by atoms with Crippen molar-refractivity contribution in [1.29, 1.82) is 0 Å². The van der Waals surface area contributed by atoms with Gasteiger partial charge < -0.3 is 30.3 Å². The van der Waals surface area contributed by atoms with Crippen LogP contribution in [-0.4, -0.2) is 56.3 Å². The van der Waals surface area contributed by atoms with Crippen molar-refractivity contribution in [2.75, 3.05) is 38.0 Å². The first-order chi connectivity index (χ1) is 18.5. The van der Waals surface area contributed by atoms with E-state index in [9.17, 15) is 9.59 Å². The lowest BCUT2D eigenvalue weighted by molar-refractivity contribution is -0.138. The summed E-state index contributed by atoms with van der Waals surface area (Å²) in [4.78, 5) is 32.6. The van der Waals surface area contributed by atoms with Crippen molar-refractivity contribution in [2.45, 2.75) is 50.2 Å². The predicted octanol–water partition coefficient (Wildman–Crippen LogP) is 4.96. The van der Waals surface area contributed by atoms with Crippen LogP contribution in [0.4, 0.5) is 21.9 Å². The van der Waals surface area contributed by atoms with E-state index in [-0.39, 0.29) is 41.9 Å². The fourth-order valence-corrected chi connectivity index (χ4v) is 6.42. The maximum atomic E-state index is 14.1. The van der Waals surface area contributed by atoms with Gasteiger partial charge in [-0.1, -0.05) is 31.0 Å². The number of ether oxygens (including phenoxy) is 2. The zero-order valence-corrected chi connectivity index (χ0v) is 21.9. The maximum absolute atomic E-state index is 14.1.